The molecule has 2 fully saturated rings. The molecular weight excluding hydrogens is 300 g/mol. The molecule has 23 heavy (non-hydrogen) atoms. The molecule has 0 unspecified atom stereocenters. The van der Waals surface area contributed by atoms with Gasteiger partial charge >= 0.3 is 0 Å². The number of hydrogen-bond donors (Lipinski definition) is 0. The fraction of sp³-hybridized carbons (Fsp3) is 0.600. The molecule has 1 amide bonds. The second kappa shape index (κ2) is 5.16. The average Bonchev–Trinajstić information content (AvgIpc) is 3.25. The molecule has 0 aliphatic carbocycles. The Morgan fingerprint density at radius 2 is 2.26 bits per heavy atom. The van der Waals surface area contributed by atoms with E-state index in [0.29, 0.717) is 42.8 Å². The lowest BCUT2D eigenvalue weighted by molar-refractivity contribution is 0.00962. The van der Waals surface area contributed by atoms with Gasteiger partial charge in [-0.25, -0.2) is 0 Å². The van der Waals surface area contributed by atoms with Crippen molar-refractivity contribution >= 4 is 5.91 Å². The highest BCUT2D eigenvalue weighted by Gasteiger charge is 2.53. The van der Waals surface area contributed by atoms with E-state index in [-0.39, 0.29) is 12.0 Å². The van der Waals surface area contributed by atoms with Gasteiger partial charge in [0.15, 0.2) is 0 Å². The molecular formula is C15H18N4O4. The van der Waals surface area contributed by atoms with Crippen LogP contribution in [-0.4, -0.2) is 52.0 Å². The highest BCUT2D eigenvalue weighted by atomic mass is 16.5. The molecule has 0 aromatic carbocycles. The monoisotopic (exact) mass is 318 g/mol. The van der Waals surface area contributed by atoms with E-state index in [1.807, 2.05) is 4.90 Å². The Balaban J connectivity index is 1.66. The fourth-order valence-electron chi connectivity index (χ4n) is 3.59. The maximum atomic E-state index is 12.8. The van der Waals surface area contributed by atoms with Crippen LogP contribution in [0.25, 0.3) is 0 Å². The maximum absolute atomic E-state index is 12.8. The first-order chi connectivity index (χ1) is 11.1. The Kier molecular flexibility index (Phi) is 3.22. The summed E-state index contributed by atoms with van der Waals surface area (Å²) in [5.41, 5.74) is 0.0829. The van der Waals surface area contributed by atoms with E-state index in [1.54, 1.807) is 13.8 Å². The molecule has 122 valence electrons. The van der Waals surface area contributed by atoms with E-state index in [4.69, 9.17) is 13.7 Å². The van der Waals surface area contributed by atoms with Crippen LogP contribution in [0.3, 0.4) is 0 Å². The third kappa shape index (κ3) is 2.16. The number of carbonyl (C=O) groups is 1. The van der Waals surface area contributed by atoms with Crippen LogP contribution in [0.4, 0.5) is 0 Å². The number of aromatic nitrogens is 3. The van der Waals surface area contributed by atoms with Gasteiger partial charge in [0, 0.05) is 26.6 Å². The van der Waals surface area contributed by atoms with Gasteiger partial charge in [-0.15, -0.1) is 10.2 Å². The van der Waals surface area contributed by atoms with Gasteiger partial charge in [0.25, 0.3) is 5.91 Å². The zero-order valence-electron chi connectivity index (χ0n) is 13.1. The van der Waals surface area contributed by atoms with Crippen molar-refractivity contribution in [2.45, 2.75) is 38.2 Å². The molecule has 0 spiro atoms. The summed E-state index contributed by atoms with van der Waals surface area (Å²) in [4.78, 5) is 14.6. The van der Waals surface area contributed by atoms with Crippen molar-refractivity contribution < 1.29 is 18.5 Å². The van der Waals surface area contributed by atoms with Gasteiger partial charge in [0.2, 0.25) is 11.8 Å². The van der Waals surface area contributed by atoms with E-state index in [2.05, 4.69) is 15.4 Å². The molecule has 2 aromatic heterocycles. The second-order valence-electron chi connectivity index (χ2n) is 6.20. The van der Waals surface area contributed by atoms with Crippen molar-refractivity contribution in [1.29, 1.82) is 0 Å². The van der Waals surface area contributed by atoms with Gasteiger partial charge in [-0.3, -0.25) is 4.79 Å². The van der Waals surface area contributed by atoms with E-state index in [0.717, 1.165) is 12.8 Å². The Morgan fingerprint density at radius 1 is 1.39 bits per heavy atom. The summed E-state index contributed by atoms with van der Waals surface area (Å²) in [6.45, 7) is 5.28. The summed E-state index contributed by atoms with van der Waals surface area (Å²) in [6, 6.07) is 0. The molecule has 0 bridgehead atoms. The van der Waals surface area contributed by atoms with Gasteiger partial charge < -0.3 is 18.6 Å². The molecule has 0 saturated carbocycles. The van der Waals surface area contributed by atoms with E-state index in [9.17, 15) is 4.79 Å². The Morgan fingerprint density at radius 3 is 2.96 bits per heavy atom. The number of likely N-dealkylation sites (tertiary alicyclic amines) is 1. The predicted molar refractivity (Wildman–Crippen MR) is 76.8 cm³/mol. The van der Waals surface area contributed by atoms with Crippen molar-refractivity contribution in [2.75, 3.05) is 19.7 Å². The number of nitrogens with zero attached hydrogens (tertiary/aromatic N) is 4. The van der Waals surface area contributed by atoms with Crippen LogP contribution >= 0.6 is 0 Å². The number of amides is 1. The smallest absolute Gasteiger partial charge is 0.259 e. The minimum Gasteiger partial charge on any atom is -0.425 e. The topological polar surface area (TPSA) is 94.5 Å². The quantitative estimate of drug-likeness (QED) is 0.822. The van der Waals surface area contributed by atoms with Crippen LogP contribution in [0.5, 0.6) is 0 Å². The summed E-state index contributed by atoms with van der Waals surface area (Å²) in [5.74, 6) is 1.54. The highest BCUT2D eigenvalue weighted by Crippen LogP contribution is 2.43. The third-order valence-corrected chi connectivity index (χ3v) is 4.84. The molecule has 2 saturated heterocycles. The van der Waals surface area contributed by atoms with Crippen LogP contribution in [0, 0.1) is 13.8 Å². The lowest BCUT2D eigenvalue weighted by Crippen LogP contribution is -2.54. The Labute approximate surface area is 132 Å². The van der Waals surface area contributed by atoms with Gasteiger partial charge in [-0.05, 0) is 19.8 Å². The molecule has 2 atom stereocenters. The normalized spacial score (nSPS) is 27.2. The summed E-state index contributed by atoms with van der Waals surface area (Å²) in [5, 5.41) is 11.9. The standard InChI is InChI=1S/C15H18N4O4/c1-9-11(7-16-23-9)13(20)19-5-3-12-15(8-19,4-6-21-12)14-18-17-10(2)22-14/h7,12H,3-6,8H2,1-2H3/t12-,15-/m0/s1. The number of hydrogen-bond acceptors (Lipinski definition) is 7. The predicted octanol–water partition coefficient (Wildman–Crippen LogP) is 1.25. The van der Waals surface area contributed by atoms with Gasteiger partial charge in [0.1, 0.15) is 11.3 Å². The van der Waals surface area contributed by atoms with Crippen LogP contribution < -0.4 is 0 Å². The van der Waals surface area contributed by atoms with Crippen LogP contribution in [0.1, 0.15) is 40.7 Å². The van der Waals surface area contributed by atoms with Crippen molar-refractivity contribution in [3.05, 3.63) is 29.3 Å². The van der Waals surface area contributed by atoms with Crippen molar-refractivity contribution in [2.24, 2.45) is 0 Å². The lowest BCUT2D eigenvalue weighted by atomic mass is 9.76. The van der Waals surface area contributed by atoms with E-state index in [1.165, 1.54) is 6.20 Å². The molecule has 0 N–H and O–H groups in total. The number of carbonyl (C=O) groups excluding carboxylic acids is 1. The van der Waals surface area contributed by atoms with Gasteiger partial charge in [-0.1, -0.05) is 5.16 Å². The van der Waals surface area contributed by atoms with E-state index >= 15 is 0 Å². The van der Waals surface area contributed by atoms with Crippen LogP contribution in [0.15, 0.2) is 15.1 Å². The van der Waals surface area contributed by atoms with Crippen molar-refractivity contribution in [3.63, 3.8) is 0 Å². The minimum absolute atomic E-state index is 0.00923. The number of fused-ring (bicyclic) bond motifs is 1. The summed E-state index contributed by atoms with van der Waals surface area (Å²) in [6.07, 6.45) is 3.00. The zero-order chi connectivity index (χ0) is 16.0. The second-order valence-corrected chi connectivity index (χ2v) is 6.20. The molecule has 0 radical (unpaired) electrons. The minimum atomic E-state index is -0.416. The Bertz CT molecular complexity index is 739. The fourth-order valence-corrected chi connectivity index (χ4v) is 3.59. The first kappa shape index (κ1) is 14.4. The first-order valence-electron chi connectivity index (χ1n) is 7.73. The molecule has 8 heteroatoms. The summed E-state index contributed by atoms with van der Waals surface area (Å²) >= 11 is 0. The molecule has 2 aliphatic heterocycles. The first-order valence-corrected chi connectivity index (χ1v) is 7.73. The lowest BCUT2D eigenvalue weighted by Gasteiger charge is -2.41. The van der Waals surface area contributed by atoms with Gasteiger partial charge in [-0.2, -0.15) is 0 Å². The van der Waals surface area contributed by atoms with Gasteiger partial charge in [0.05, 0.1) is 17.7 Å². The molecule has 8 nitrogen and oxygen atoms in total. The van der Waals surface area contributed by atoms with Crippen molar-refractivity contribution in [3.8, 4) is 0 Å². The van der Waals surface area contributed by atoms with E-state index < -0.39 is 5.41 Å². The number of rotatable bonds is 2. The number of piperidine rings is 1. The number of ether oxygens (including phenoxy) is 1. The summed E-state index contributed by atoms with van der Waals surface area (Å²) < 4.78 is 16.6. The third-order valence-electron chi connectivity index (χ3n) is 4.84. The van der Waals surface area contributed by atoms with Crippen molar-refractivity contribution in [1.82, 2.24) is 20.3 Å². The summed E-state index contributed by atoms with van der Waals surface area (Å²) in [7, 11) is 0. The zero-order valence-corrected chi connectivity index (χ0v) is 13.1. The molecule has 2 aliphatic rings. The number of aryl methyl sites for hydroxylation is 2. The molecule has 4 heterocycles. The van der Waals surface area contributed by atoms with Crippen LogP contribution in [-0.2, 0) is 10.2 Å². The molecule has 2 aromatic rings. The SMILES string of the molecule is Cc1nnc([C@]23CCO[C@H]2CCN(C(=O)c2cnoc2C)C3)o1. The van der Waals surface area contributed by atoms with Crippen LogP contribution in [0.2, 0.25) is 0 Å². The Hall–Kier alpha value is -2.22. The molecule has 4 rings (SSSR count). The largest absolute Gasteiger partial charge is 0.425 e. The average molecular weight is 318 g/mol. The highest BCUT2D eigenvalue weighted by molar-refractivity contribution is 5.95. The maximum Gasteiger partial charge on any atom is 0.259 e.